The van der Waals surface area contributed by atoms with Crippen molar-refractivity contribution in [1.29, 1.82) is 0 Å². The van der Waals surface area contributed by atoms with E-state index in [4.69, 9.17) is 28.7 Å². The first-order chi connectivity index (χ1) is 19.3. The van der Waals surface area contributed by atoms with Gasteiger partial charge in [-0.15, -0.1) is 0 Å². The normalized spacial score (nSPS) is 22.1. The van der Waals surface area contributed by atoms with E-state index >= 15 is 0 Å². The van der Waals surface area contributed by atoms with E-state index in [1.165, 1.54) is 14.2 Å². The number of hydrogen-bond acceptors (Lipinski definition) is 9. The van der Waals surface area contributed by atoms with Crippen LogP contribution in [0.1, 0.15) is 50.2 Å². The zero-order valence-corrected chi connectivity index (χ0v) is 23.7. The molecule has 0 spiro atoms. The third kappa shape index (κ3) is 5.33. The Hall–Kier alpha value is -4.14. The van der Waals surface area contributed by atoms with Crippen molar-refractivity contribution in [2.24, 2.45) is 16.8 Å². The lowest BCUT2D eigenvalue weighted by molar-refractivity contribution is -0.153. The minimum absolute atomic E-state index is 0.135. The zero-order valence-electron chi connectivity index (χ0n) is 23.7. The molecule has 1 aliphatic heterocycles. The Morgan fingerprint density at radius 3 is 2.10 bits per heavy atom. The maximum Gasteiger partial charge on any atom is 0.336 e. The first kappa shape index (κ1) is 28.9. The van der Waals surface area contributed by atoms with Crippen LogP contribution in [0.5, 0.6) is 17.2 Å². The van der Waals surface area contributed by atoms with Crippen LogP contribution in [-0.2, 0) is 23.9 Å². The predicted octanol–water partition coefficient (Wildman–Crippen LogP) is 4.64. The monoisotopic (exact) mass is 549 g/mol. The highest BCUT2D eigenvalue weighted by Crippen LogP contribution is 2.49. The van der Waals surface area contributed by atoms with Gasteiger partial charge in [0.15, 0.2) is 17.3 Å². The molecule has 0 saturated heterocycles. The molecule has 0 aromatic heterocycles. The van der Waals surface area contributed by atoms with Gasteiger partial charge < -0.3 is 23.7 Å². The minimum Gasteiger partial charge on any atom is -0.497 e. The maximum atomic E-state index is 14.4. The average Bonchev–Trinajstić information content (AvgIpc) is 2.96. The average molecular weight is 550 g/mol. The number of methoxy groups -OCH3 is 3. The number of carbonyl (C=O) groups is 3. The number of Topliss-reactive ketones (excluding diaryl/α,β-unsaturated/α-hetero) is 1. The largest absolute Gasteiger partial charge is 0.497 e. The molecule has 2 aromatic rings. The maximum absolute atomic E-state index is 14.4. The van der Waals surface area contributed by atoms with E-state index < -0.39 is 35.6 Å². The van der Waals surface area contributed by atoms with Gasteiger partial charge in [0, 0.05) is 23.2 Å². The molecule has 9 heteroatoms. The molecule has 1 heterocycles. The number of benzene rings is 2. The number of ether oxygens (including phenoxy) is 5. The summed E-state index contributed by atoms with van der Waals surface area (Å²) in [5.41, 5.74) is 2.81. The molecule has 0 amide bonds. The van der Waals surface area contributed by atoms with Gasteiger partial charge in [0.25, 0.3) is 0 Å². The van der Waals surface area contributed by atoms with Gasteiger partial charge >= 0.3 is 11.9 Å². The predicted molar refractivity (Wildman–Crippen MR) is 148 cm³/mol. The summed E-state index contributed by atoms with van der Waals surface area (Å²) < 4.78 is 27.0. The molecule has 4 rings (SSSR count). The van der Waals surface area contributed by atoms with Crippen LogP contribution in [0.15, 0.2) is 58.7 Å². The molecule has 1 saturated carbocycles. The number of esters is 2. The van der Waals surface area contributed by atoms with E-state index in [2.05, 4.69) is 0 Å². The molecule has 0 N–H and O–H groups in total. The van der Waals surface area contributed by atoms with E-state index in [9.17, 15) is 14.4 Å². The van der Waals surface area contributed by atoms with Crippen molar-refractivity contribution >= 4 is 23.4 Å². The number of ketones is 1. The van der Waals surface area contributed by atoms with Crippen molar-refractivity contribution in [3.05, 3.63) is 64.9 Å². The molecular formula is C31H35NO8. The summed E-state index contributed by atoms with van der Waals surface area (Å²) in [6.45, 7) is 5.47. The highest BCUT2D eigenvalue weighted by Gasteiger charge is 2.53. The lowest BCUT2D eigenvalue weighted by atomic mass is 9.62. The molecule has 1 aliphatic carbocycles. The van der Waals surface area contributed by atoms with E-state index in [1.807, 2.05) is 12.1 Å². The van der Waals surface area contributed by atoms with Crippen molar-refractivity contribution < 1.29 is 38.1 Å². The smallest absolute Gasteiger partial charge is 0.336 e. The summed E-state index contributed by atoms with van der Waals surface area (Å²) >= 11 is 0. The quantitative estimate of drug-likeness (QED) is 0.329. The van der Waals surface area contributed by atoms with E-state index in [0.717, 1.165) is 5.56 Å². The van der Waals surface area contributed by atoms with Crippen LogP contribution in [0.4, 0.5) is 0 Å². The third-order valence-electron chi connectivity index (χ3n) is 7.50. The molecule has 212 valence electrons. The number of aliphatic imine (C=N–C) groups is 1. The Morgan fingerprint density at radius 2 is 1.50 bits per heavy atom. The SMILES string of the molecule is CCOC(=O)C1=C(C)N=C2C[C@H](c3ccc(OC)cc3)[C@@H](C(=O)OCC)C(=O)C2[C@@H]1c1ccc(OC)c(OC)c1. The van der Waals surface area contributed by atoms with Crippen LogP contribution in [0.3, 0.4) is 0 Å². The van der Waals surface area contributed by atoms with Gasteiger partial charge in [-0.2, -0.15) is 0 Å². The second kappa shape index (κ2) is 12.4. The van der Waals surface area contributed by atoms with Crippen LogP contribution >= 0.6 is 0 Å². The molecule has 2 aliphatic rings. The molecule has 40 heavy (non-hydrogen) atoms. The Labute approximate surface area is 234 Å². The molecule has 1 unspecified atom stereocenters. The van der Waals surface area contributed by atoms with Gasteiger partial charge in [-0.05, 0) is 62.6 Å². The third-order valence-corrected chi connectivity index (χ3v) is 7.50. The highest BCUT2D eigenvalue weighted by atomic mass is 16.5. The van der Waals surface area contributed by atoms with Crippen molar-refractivity contribution in [3.63, 3.8) is 0 Å². The van der Waals surface area contributed by atoms with Crippen LogP contribution in [0.25, 0.3) is 0 Å². The van der Waals surface area contributed by atoms with Crippen molar-refractivity contribution in [1.82, 2.24) is 0 Å². The Kier molecular flexibility index (Phi) is 8.92. The second-order valence-electron chi connectivity index (χ2n) is 9.61. The fraction of sp³-hybridized carbons (Fsp3) is 0.419. The van der Waals surface area contributed by atoms with E-state index in [0.29, 0.717) is 40.6 Å². The van der Waals surface area contributed by atoms with Gasteiger partial charge in [0.05, 0.1) is 46.0 Å². The summed E-state index contributed by atoms with van der Waals surface area (Å²) in [6.07, 6.45) is 0.337. The van der Waals surface area contributed by atoms with Crippen molar-refractivity contribution in [3.8, 4) is 17.2 Å². The number of nitrogens with zero attached hydrogens (tertiary/aromatic N) is 1. The molecule has 0 radical (unpaired) electrons. The summed E-state index contributed by atoms with van der Waals surface area (Å²) in [5.74, 6) is -3.06. The molecular weight excluding hydrogens is 514 g/mol. The molecule has 0 bridgehead atoms. The Bertz CT molecular complexity index is 1340. The topological polar surface area (TPSA) is 110 Å². The summed E-state index contributed by atoms with van der Waals surface area (Å²) in [5, 5.41) is 0. The fourth-order valence-electron chi connectivity index (χ4n) is 5.73. The van der Waals surface area contributed by atoms with Crippen LogP contribution in [0, 0.1) is 11.8 Å². The Morgan fingerprint density at radius 1 is 0.850 bits per heavy atom. The van der Waals surface area contributed by atoms with E-state index in [1.54, 1.807) is 58.2 Å². The molecule has 1 fully saturated rings. The first-order valence-corrected chi connectivity index (χ1v) is 13.3. The molecule has 9 nitrogen and oxygen atoms in total. The highest BCUT2D eigenvalue weighted by molar-refractivity contribution is 6.17. The van der Waals surface area contributed by atoms with Crippen molar-refractivity contribution in [2.45, 2.75) is 39.0 Å². The van der Waals surface area contributed by atoms with Gasteiger partial charge in [-0.1, -0.05) is 18.2 Å². The number of carbonyl (C=O) groups excluding carboxylic acids is 3. The number of rotatable bonds is 9. The second-order valence-corrected chi connectivity index (χ2v) is 9.61. The van der Waals surface area contributed by atoms with Gasteiger partial charge in [0.1, 0.15) is 11.7 Å². The van der Waals surface area contributed by atoms with Gasteiger partial charge in [-0.25, -0.2) is 4.79 Å². The number of hydrogen-bond donors (Lipinski definition) is 0. The summed E-state index contributed by atoms with van der Waals surface area (Å²) in [4.78, 5) is 45.9. The lowest BCUT2D eigenvalue weighted by Gasteiger charge is -2.41. The minimum atomic E-state index is -1.08. The van der Waals surface area contributed by atoms with Crippen LogP contribution in [0.2, 0.25) is 0 Å². The van der Waals surface area contributed by atoms with Crippen LogP contribution in [-0.4, -0.2) is 58.0 Å². The Balaban J connectivity index is 1.90. The van der Waals surface area contributed by atoms with Crippen LogP contribution < -0.4 is 14.2 Å². The van der Waals surface area contributed by atoms with Crippen molar-refractivity contribution in [2.75, 3.05) is 34.5 Å². The lowest BCUT2D eigenvalue weighted by Crippen LogP contribution is -2.48. The first-order valence-electron chi connectivity index (χ1n) is 13.3. The van der Waals surface area contributed by atoms with E-state index in [-0.39, 0.29) is 24.6 Å². The van der Waals surface area contributed by atoms with Gasteiger partial charge in [-0.3, -0.25) is 14.6 Å². The molecule has 2 aromatic carbocycles. The van der Waals surface area contributed by atoms with Gasteiger partial charge in [0.2, 0.25) is 0 Å². The standard InChI is InChI=1S/C31H35NO8/c1-7-39-30(34)25-17(3)32-22-16-21(18-9-12-20(36-4)13-10-18)27(31(35)40-8-2)29(33)28(22)26(25)19-11-14-23(37-5)24(15-19)38-6/h9-15,21,26-28H,7-8,16H2,1-6H3/t21-,26-,27-,28?/m1/s1. The zero-order chi connectivity index (χ0) is 29.0. The summed E-state index contributed by atoms with van der Waals surface area (Å²) in [7, 11) is 4.63. The molecule has 4 atom stereocenters. The number of fused-ring (bicyclic) bond motifs is 1. The summed E-state index contributed by atoms with van der Waals surface area (Å²) in [6, 6.07) is 12.6. The fourth-order valence-corrected chi connectivity index (χ4v) is 5.73. The number of allylic oxidation sites excluding steroid dienone is 1.